The number of pyridine rings is 1. The molecule has 2 aromatic rings. The summed E-state index contributed by atoms with van der Waals surface area (Å²) in [5.74, 6) is 0.751. The molecule has 7 rings (SSSR count). The monoisotopic (exact) mass is 495 g/mol. The normalized spacial score (nSPS) is 28.6. The molecule has 36 heavy (non-hydrogen) atoms. The van der Waals surface area contributed by atoms with Crippen molar-refractivity contribution in [1.82, 2.24) is 24.9 Å². The smallest absolute Gasteiger partial charge is 0.410 e. The van der Waals surface area contributed by atoms with Gasteiger partial charge in [-0.2, -0.15) is 0 Å². The van der Waals surface area contributed by atoms with Crippen molar-refractivity contribution < 1.29 is 24.2 Å². The molecule has 5 aliphatic rings. The van der Waals surface area contributed by atoms with E-state index in [1.165, 1.54) is 0 Å². The summed E-state index contributed by atoms with van der Waals surface area (Å²) in [4.78, 5) is 30.8. The van der Waals surface area contributed by atoms with Crippen LogP contribution >= 0.6 is 0 Å². The molecule has 2 atom stereocenters. The Morgan fingerprint density at radius 3 is 2.64 bits per heavy atom. The van der Waals surface area contributed by atoms with Crippen LogP contribution in [0.5, 0.6) is 5.75 Å². The van der Waals surface area contributed by atoms with Crippen molar-refractivity contribution in [2.75, 3.05) is 7.05 Å². The Hall–Kier alpha value is -3.17. The van der Waals surface area contributed by atoms with Gasteiger partial charge >= 0.3 is 12.1 Å². The molecule has 0 unspecified atom stereocenters. The quantitative estimate of drug-likeness (QED) is 0.586. The molecule has 0 aromatic carbocycles. The number of carbonyl (C=O) groups is 2. The maximum absolute atomic E-state index is 12.7. The summed E-state index contributed by atoms with van der Waals surface area (Å²) in [7, 11) is 3.61. The topological polar surface area (TPSA) is 120 Å². The maximum atomic E-state index is 12.7. The third-order valence-corrected chi connectivity index (χ3v) is 8.63. The minimum Gasteiger partial charge on any atom is -0.488 e. The van der Waals surface area contributed by atoms with E-state index in [4.69, 9.17) is 14.5 Å². The number of hydrogen-bond acceptors (Lipinski definition) is 7. The zero-order chi connectivity index (χ0) is 25.0. The molecule has 0 aliphatic heterocycles. The first-order chi connectivity index (χ1) is 17.3. The fraction of sp³-hybridized carbons (Fsp3) is 0.654. The lowest BCUT2D eigenvalue weighted by Crippen LogP contribution is -2.68. The molecule has 10 heteroatoms. The lowest BCUT2D eigenvalue weighted by Gasteiger charge is -2.64. The van der Waals surface area contributed by atoms with Gasteiger partial charge in [0.15, 0.2) is 0 Å². The van der Waals surface area contributed by atoms with Crippen LogP contribution in [-0.2, 0) is 23.2 Å². The molecule has 192 valence electrons. The molecule has 1 amide bonds. The maximum Gasteiger partial charge on any atom is 0.410 e. The molecular weight excluding hydrogens is 462 g/mol. The first-order valence-corrected chi connectivity index (χ1v) is 13.0. The Kier molecular flexibility index (Phi) is 5.64. The second kappa shape index (κ2) is 8.74. The van der Waals surface area contributed by atoms with Crippen LogP contribution in [0, 0.1) is 11.8 Å². The van der Waals surface area contributed by atoms with Crippen LogP contribution in [0.3, 0.4) is 0 Å². The van der Waals surface area contributed by atoms with Crippen molar-refractivity contribution in [1.29, 1.82) is 0 Å². The number of carbonyl (C=O) groups excluding carboxylic acids is 1. The summed E-state index contributed by atoms with van der Waals surface area (Å²) in [5, 5.41) is 17.9. The van der Waals surface area contributed by atoms with Crippen molar-refractivity contribution in [3.8, 4) is 17.1 Å². The van der Waals surface area contributed by atoms with Crippen LogP contribution in [-0.4, -0.2) is 60.7 Å². The molecule has 0 spiro atoms. The highest BCUT2D eigenvalue weighted by atomic mass is 16.6. The molecule has 5 aliphatic carbocycles. The Morgan fingerprint density at radius 2 is 1.97 bits per heavy atom. The second-order valence-electron chi connectivity index (χ2n) is 11.1. The van der Waals surface area contributed by atoms with E-state index in [1.54, 1.807) is 16.6 Å². The first kappa shape index (κ1) is 23.2. The van der Waals surface area contributed by atoms with E-state index in [0.29, 0.717) is 35.8 Å². The Labute approximate surface area is 210 Å². The van der Waals surface area contributed by atoms with Gasteiger partial charge in [-0.3, -0.25) is 4.79 Å². The Bertz CT molecular complexity index is 1170. The van der Waals surface area contributed by atoms with Crippen LogP contribution < -0.4 is 4.74 Å². The summed E-state index contributed by atoms with van der Waals surface area (Å²) < 4.78 is 13.6. The molecule has 1 N–H and O–H groups in total. The predicted octanol–water partition coefficient (Wildman–Crippen LogP) is 3.90. The van der Waals surface area contributed by atoms with Gasteiger partial charge in [0.1, 0.15) is 23.7 Å². The van der Waals surface area contributed by atoms with Crippen LogP contribution in [0.4, 0.5) is 4.79 Å². The summed E-state index contributed by atoms with van der Waals surface area (Å²) in [6, 6.07) is 3.78. The van der Waals surface area contributed by atoms with Crippen molar-refractivity contribution in [3.63, 3.8) is 0 Å². The zero-order valence-electron chi connectivity index (χ0n) is 20.9. The van der Waals surface area contributed by atoms with Gasteiger partial charge in [-0.15, -0.1) is 5.10 Å². The van der Waals surface area contributed by atoms with E-state index >= 15 is 0 Å². The van der Waals surface area contributed by atoms with Crippen LogP contribution in [0.1, 0.15) is 75.1 Å². The van der Waals surface area contributed by atoms with Gasteiger partial charge in [0, 0.05) is 25.6 Å². The molecule has 2 bridgehead atoms. The average molecular weight is 496 g/mol. The number of ether oxygens (including phenoxy) is 2. The molecule has 5 saturated carbocycles. The fourth-order valence-corrected chi connectivity index (χ4v) is 6.00. The van der Waals surface area contributed by atoms with E-state index in [1.807, 2.05) is 19.2 Å². The molecule has 0 radical (unpaired) electrons. The highest BCUT2D eigenvalue weighted by molar-refractivity contribution is 5.70. The Balaban J connectivity index is 1.18. The number of nitrogens with zero attached hydrogens (tertiary/aromatic N) is 5. The van der Waals surface area contributed by atoms with E-state index in [2.05, 4.69) is 10.3 Å². The van der Waals surface area contributed by atoms with Gasteiger partial charge < -0.3 is 19.5 Å². The van der Waals surface area contributed by atoms with Crippen molar-refractivity contribution in [2.24, 2.45) is 18.9 Å². The van der Waals surface area contributed by atoms with Gasteiger partial charge in [0.05, 0.1) is 23.4 Å². The molecule has 10 nitrogen and oxygen atoms in total. The van der Waals surface area contributed by atoms with Gasteiger partial charge in [-0.25, -0.2) is 14.5 Å². The lowest BCUT2D eigenvalue weighted by atomic mass is 9.49. The average Bonchev–Trinajstić information content (AvgIpc) is 3.58. The summed E-state index contributed by atoms with van der Waals surface area (Å²) in [6.45, 7) is 0.0683. The number of carboxylic acid groups (broad SMARTS) is 1. The molecule has 2 heterocycles. The van der Waals surface area contributed by atoms with Crippen LogP contribution in [0.15, 0.2) is 12.1 Å². The largest absolute Gasteiger partial charge is 0.488 e. The second-order valence-corrected chi connectivity index (χ2v) is 11.1. The van der Waals surface area contributed by atoms with Crippen molar-refractivity contribution >= 4 is 12.1 Å². The summed E-state index contributed by atoms with van der Waals surface area (Å²) >= 11 is 0. The van der Waals surface area contributed by atoms with Gasteiger partial charge in [0.25, 0.3) is 0 Å². The van der Waals surface area contributed by atoms with Gasteiger partial charge in [-0.05, 0) is 75.8 Å². The highest BCUT2D eigenvalue weighted by Crippen LogP contribution is 2.60. The standard InChI is InChI=1S/C26H33N5O5/c1-30(26-11-15(12-26)13-26)25(34)35-14-20-23(28-29-31(20)2)19-8-9-21(22(27-19)16-6-7-16)36-18-5-3-4-17(10-18)24(32)33/h8-9,15-18H,3-7,10-14H2,1-2H3,(H,32,33)/t15?,17-,18-,26?/m0/s1. The number of amides is 1. The molecule has 2 aromatic heterocycles. The fourth-order valence-electron chi connectivity index (χ4n) is 6.00. The number of aromatic nitrogens is 4. The summed E-state index contributed by atoms with van der Waals surface area (Å²) in [5.41, 5.74) is 2.85. The molecule has 0 saturated heterocycles. The van der Waals surface area contributed by atoms with E-state index in [-0.39, 0.29) is 30.3 Å². The third kappa shape index (κ3) is 4.10. The minimum absolute atomic E-state index is 0.00859. The number of aliphatic carboxylic acids is 1. The zero-order valence-corrected chi connectivity index (χ0v) is 20.9. The third-order valence-electron chi connectivity index (χ3n) is 8.63. The van der Waals surface area contributed by atoms with E-state index in [9.17, 15) is 14.7 Å². The van der Waals surface area contributed by atoms with Crippen LogP contribution in [0.25, 0.3) is 11.4 Å². The number of aryl methyl sites for hydroxylation is 1. The van der Waals surface area contributed by atoms with Crippen molar-refractivity contribution in [3.05, 3.63) is 23.5 Å². The van der Waals surface area contributed by atoms with E-state index in [0.717, 1.165) is 62.3 Å². The van der Waals surface area contributed by atoms with Gasteiger partial charge in [-0.1, -0.05) is 5.21 Å². The number of hydrogen-bond donors (Lipinski definition) is 1. The minimum atomic E-state index is -0.745. The summed E-state index contributed by atoms with van der Waals surface area (Å²) in [6.07, 6.45) is 7.85. The predicted molar refractivity (Wildman–Crippen MR) is 128 cm³/mol. The van der Waals surface area contributed by atoms with E-state index < -0.39 is 5.97 Å². The number of carboxylic acids is 1. The lowest BCUT2D eigenvalue weighted by molar-refractivity contribution is -0.143. The number of rotatable bonds is 8. The van der Waals surface area contributed by atoms with Crippen molar-refractivity contribution in [2.45, 2.75) is 82.0 Å². The van der Waals surface area contributed by atoms with Gasteiger partial charge in [0.2, 0.25) is 0 Å². The van der Waals surface area contributed by atoms with Crippen LogP contribution in [0.2, 0.25) is 0 Å². The highest BCUT2D eigenvalue weighted by Gasteiger charge is 2.60. The molecular formula is C26H33N5O5. The SMILES string of the molecule is CN(C(=O)OCc1c(-c2ccc(O[C@H]3CCC[C@H](C(=O)O)C3)c(C3CC3)n2)nnn1C)C12CC(C1)C2. The molecule has 5 fully saturated rings. The first-order valence-electron chi connectivity index (χ1n) is 13.0. The Morgan fingerprint density at radius 1 is 1.19 bits per heavy atom.